The number of carbonyl (C=O) groups is 1. The van der Waals surface area contributed by atoms with Crippen molar-refractivity contribution in [3.8, 4) is 22.8 Å². The highest BCUT2D eigenvalue weighted by Crippen LogP contribution is 2.39. The van der Waals surface area contributed by atoms with Crippen LogP contribution in [0.1, 0.15) is 96.7 Å². The Bertz CT molecular complexity index is 2670. The van der Waals surface area contributed by atoms with Crippen molar-refractivity contribution in [1.82, 2.24) is 39.0 Å². The number of ether oxygens (including phenoxy) is 4. The number of carbonyl (C=O) groups excluding carboxylic acids is 1. The molecule has 0 aliphatic carbocycles. The van der Waals surface area contributed by atoms with E-state index in [4.69, 9.17) is 86.3 Å². The second-order valence-corrected chi connectivity index (χ2v) is 18.4. The molecule has 65 heavy (non-hydrogen) atoms. The molecule has 0 radical (unpaired) electrons. The molecule has 3 saturated heterocycles. The van der Waals surface area contributed by atoms with Crippen molar-refractivity contribution in [2.75, 3.05) is 19.8 Å². The van der Waals surface area contributed by atoms with E-state index in [2.05, 4.69) is 29.9 Å². The molecule has 3 fully saturated rings. The average molecular weight is 993 g/mol. The molecule has 0 bridgehead atoms. The highest BCUT2D eigenvalue weighted by Gasteiger charge is 2.52. The number of hydrogen-bond acceptors (Lipinski definition) is 14. The zero-order valence-electron chi connectivity index (χ0n) is 36.8. The fourth-order valence-electron chi connectivity index (χ4n) is 7.25. The summed E-state index contributed by atoms with van der Waals surface area (Å²) in [6.07, 6.45) is 8.70. The molecule has 7 heterocycles. The first kappa shape index (κ1) is 48.9. The minimum atomic E-state index is -0.752. The van der Waals surface area contributed by atoms with Gasteiger partial charge in [-0.15, -0.1) is 0 Å². The van der Waals surface area contributed by atoms with Crippen LogP contribution in [0.4, 0.5) is 4.79 Å². The highest BCUT2D eigenvalue weighted by molar-refractivity contribution is 6.65. The normalized spacial score (nSPS) is 19.0. The van der Waals surface area contributed by atoms with Crippen LogP contribution in [0.3, 0.4) is 0 Å². The van der Waals surface area contributed by atoms with E-state index in [9.17, 15) is 9.90 Å². The van der Waals surface area contributed by atoms with Crippen molar-refractivity contribution >= 4 is 99.1 Å². The van der Waals surface area contributed by atoms with Crippen LogP contribution in [0.15, 0.2) is 36.9 Å². The SMILES string of the molecule is CCOC(=O)Oc1cc(B2OC(C)(C)C(C)(C)O2)c(Cl)cc1C.Cc1cc(Cl)c(-c2nc(Cl)nc3c2ncn3C2CCCCO2)cc1O.Clc1nc(Cl)c2ncn(C3CCCCO3)c2n1. The van der Waals surface area contributed by atoms with Crippen LogP contribution in [0, 0.1) is 13.8 Å². The van der Waals surface area contributed by atoms with Gasteiger partial charge in [0, 0.05) is 29.3 Å². The average Bonchev–Trinajstić information content (AvgIpc) is 3.94. The second kappa shape index (κ2) is 20.5. The lowest BCUT2D eigenvalue weighted by molar-refractivity contribution is -0.0299. The summed E-state index contributed by atoms with van der Waals surface area (Å²) in [5, 5.41) is 11.5. The van der Waals surface area contributed by atoms with E-state index in [1.807, 2.05) is 36.8 Å². The summed E-state index contributed by atoms with van der Waals surface area (Å²) >= 11 is 30.6. The Morgan fingerprint density at radius 3 is 1.89 bits per heavy atom. The molecule has 6 aromatic rings. The van der Waals surface area contributed by atoms with Gasteiger partial charge in [-0.3, -0.25) is 9.13 Å². The number of rotatable bonds is 6. The van der Waals surface area contributed by atoms with Crippen LogP contribution in [0.25, 0.3) is 33.6 Å². The summed E-state index contributed by atoms with van der Waals surface area (Å²) in [4.78, 5) is 36.9. The fourth-order valence-corrected chi connectivity index (χ4v) is 8.45. The van der Waals surface area contributed by atoms with E-state index in [0.29, 0.717) is 67.0 Å². The zero-order valence-corrected chi connectivity index (χ0v) is 40.6. The number of halogens is 5. The summed E-state index contributed by atoms with van der Waals surface area (Å²) < 4.78 is 37.3. The van der Waals surface area contributed by atoms with E-state index in [1.54, 1.807) is 57.7 Å². The summed E-state index contributed by atoms with van der Waals surface area (Å²) in [5.74, 6) is 0.509. The molecule has 1 N–H and O–H groups in total. The lowest BCUT2D eigenvalue weighted by Crippen LogP contribution is -2.41. The largest absolute Gasteiger partial charge is 0.513 e. The summed E-state index contributed by atoms with van der Waals surface area (Å²) in [6, 6.07) is 6.65. The predicted molar refractivity (Wildman–Crippen MR) is 250 cm³/mol. The molecule has 9 rings (SSSR count). The van der Waals surface area contributed by atoms with Crippen LogP contribution in [-0.4, -0.2) is 88.4 Å². The molecule has 16 nitrogen and oxygen atoms in total. The van der Waals surface area contributed by atoms with Gasteiger partial charge in [0.15, 0.2) is 16.4 Å². The van der Waals surface area contributed by atoms with E-state index in [-0.39, 0.29) is 40.5 Å². The molecule has 0 amide bonds. The summed E-state index contributed by atoms with van der Waals surface area (Å²) in [5.41, 5.74) is 4.49. The standard InChI is InChI=1S/C17H16Cl2N4O2.C16H22BClO5.C10H10Cl2N4O/c1-9-6-11(18)10(7-12(9)24)14-15-16(22-17(19)21-14)23(8-20-15)13-4-2-3-5-25-13;1-7-20-14(19)21-13-9-11(12(18)8-10(13)2)17-22-15(3,4)16(5,6)23-17;11-8-7-9(15-10(12)14-8)16(5-13-7)6-3-1-2-4-17-6/h6-8,13,24H,2-5H2,1H3;8-9H,7H2,1-6H3;5-6H,1-4H2. The van der Waals surface area contributed by atoms with Crippen molar-refractivity contribution in [3.63, 3.8) is 0 Å². The molecule has 3 aliphatic rings. The van der Waals surface area contributed by atoms with Crippen molar-refractivity contribution in [2.45, 2.75) is 111 Å². The molecular formula is C43H48BCl5N8O8. The number of aromatic hydroxyl groups is 1. The molecule has 4 aromatic heterocycles. The van der Waals surface area contributed by atoms with Gasteiger partial charge in [0.25, 0.3) is 0 Å². The Kier molecular flexibility index (Phi) is 15.4. The van der Waals surface area contributed by atoms with Gasteiger partial charge in [0.1, 0.15) is 40.7 Å². The van der Waals surface area contributed by atoms with Crippen molar-refractivity contribution < 1.29 is 38.2 Å². The molecule has 2 unspecified atom stereocenters. The van der Waals surface area contributed by atoms with Crippen molar-refractivity contribution in [3.05, 3.63) is 73.8 Å². The highest BCUT2D eigenvalue weighted by atomic mass is 35.5. The number of fused-ring (bicyclic) bond motifs is 2. The number of imidazole rings is 2. The van der Waals surface area contributed by atoms with Crippen LogP contribution in [-0.2, 0) is 23.5 Å². The number of benzene rings is 2. The molecule has 0 spiro atoms. The molecular weight excluding hydrogens is 945 g/mol. The first-order valence-corrected chi connectivity index (χ1v) is 22.9. The van der Waals surface area contributed by atoms with Crippen LogP contribution >= 0.6 is 58.0 Å². The topological polar surface area (TPSA) is 180 Å². The van der Waals surface area contributed by atoms with Crippen LogP contribution in [0.2, 0.25) is 25.8 Å². The lowest BCUT2D eigenvalue weighted by atomic mass is 9.78. The maximum Gasteiger partial charge on any atom is 0.513 e. The third-order valence-corrected chi connectivity index (χ3v) is 12.7. The number of phenols is 1. The number of nitrogens with zero attached hydrogens (tertiary/aromatic N) is 8. The molecule has 2 atom stereocenters. The molecule has 22 heteroatoms. The lowest BCUT2D eigenvalue weighted by Gasteiger charge is -2.32. The minimum absolute atomic E-state index is 0.0317. The van der Waals surface area contributed by atoms with E-state index in [1.165, 1.54) is 0 Å². The van der Waals surface area contributed by atoms with Gasteiger partial charge in [-0.1, -0.05) is 34.8 Å². The number of aryl methyl sites for hydroxylation is 2. The maximum atomic E-state index is 11.5. The predicted octanol–water partition coefficient (Wildman–Crippen LogP) is 10.8. The van der Waals surface area contributed by atoms with E-state index in [0.717, 1.165) is 50.7 Å². The Labute approximate surface area is 401 Å². The monoisotopic (exact) mass is 990 g/mol. The summed E-state index contributed by atoms with van der Waals surface area (Å²) in [7, 11) is -0.627. The fraction of sp³-hybridized carbons (Fsp3) is 0.465. The Balaban J connectivity index is 0.000000148. The maximum absolute atomic E-state index is 11.5. The molecule has 0 saturated carbocycles. The third kappa shape index (κ3) is 10.9. The van der Waals surface area contributed by atoms with Gasteiger partial charge >= 0.3 is 13.3 Å². The quantitative estimate of drug-likeness (QED) is 0.0547. The van der Waals surface area contributed by atoms with Gasteiger partial charge < -0.3 is 33.4 Å². The Morgan fingerprint density at radius 1 is 0.769 bits per heavy atom. The smallest absolute Gasteiger partial charge is 0.508 e. The van der Waals surface area contributed by atoms with E-state index >= 15 is 0 Å². The van der Waals surface area contributed by atoms with Gasteiger partial charge in [-0.2, -0.15) is 9.97 Å². The van der Waals surface area contributed by atoms with Crippen LogP contribution in [0.5, 0.6) is 11.5 Å². The Hall–Kier alpha value is -4.04. The Morgan fingerprint density at radius 2 is 1.32 bits per heavy atom. The third-order valence-electron chi connectivity index (χ3n) is 11.5. The van der Waals surface area contributed by atoms with Crippen molar-refractivity contribution in [2.24, 2.45) is 0 Å². The minimum Gasteiger partial charge on any atom is -0.508 e. The molecule has 3 aliphatic heterocycles. The van der Waals surface area contributed by atoms with Crippen molar-refractivity contribution in [1.29, 1.82) is 0 Å². The summed E-state index contributed by atoms with van der Waals surface area (Å²) in [6.45, 7) is 14.9. The number of phenolic OH excluding ortho intramolecular Hbond substituents is 1. The zero-order chi connectivity index (χ0) is 46.8. The van der Waals surface area contributed by atoms with Crippen LogP contribution < -0.4 is 10.2 Å². The number of aromatic nitrogens is 8. The first-order valence-electron chi connectivity index (χ1n) is 21.1. The van der Waals surface area contributed by atoms with Gasteiger partial charge in [-0.25, -0.2) is 24.7 Å². The molecule has 2 aromatic carbocycles. The molecule has 346 valence electrons. The number of hydrogen-bond donors (Lipinski definition) is 1. The first-order chi connectivity index (χ1) is 30.9. The van der Waals surface area contributed by atoms with Gasteiger partial charge in [0.05, 0.1) is 35.5 Å². The van der Waals surface area contributed by atoms with E-state index < -0.39 is 24.5 Å². The second-order valence-electron chi connectivity index (χ2n) is 16.5. The van der Waals surface area contributed by atoms with Gasteiger partial charge in [0.2, 0.25) is 10.6 Å². The van der Waals surface area contributed by atoms with Gasteiger partial charge in [-0.05, 0) is 146 Å².